The number of hydrogen-bond acceptors (Lipinski definition) is 1. The van der Waals surface area contributed by atoms with Crippen molar-refractivity contribution in [3.05, 3.63) is 33.8 Å². The second kappa shape index (κ2) is 5.40. The molecule has 0 bridgehead atoms. The lowest BCUT2D eigenvalue weighted by Crippen LogP contribution is -2.42. The minimum Gasteiger partial charge on any atom is -0.321 e. The summed E-state index contributed by atoms with van der Waals surface area (Å²) in [5, 5.41) is 1.46. The van der Waals surface area contributed by atoms with Crippen molar-refractivity contribution in [2.24, 2.45) is 17.6 Å². The van der Waals surface area contributed by atoms with Crippen LogP contribution < -0.4 is 5.73 Å². The van der Waals surface area contributed by atoms with Crippen LogP contribution in [0.1, 0.15) is 45.1 Å². The Morgan fingerprint density at radius 1 is 1.33 bits per heavy atom. The Bertz CT molecular complexity index is 431. The van der Waals surface area contributed by atoms with Crippen molar-refractivity contribution in [1.82, 2.24) is 0 Å². The van der Waals surface area contributed by atoms with Gasteiger partial charge in [0.1, 0.15) is 0 Å². The fraction of sp³-hybridized carbons (Fsp3) is 0.600. The summed E-state index contributed by atoms with van der Waals surface area (Å²) >= 11 is 12.4. The molecule has 18 heavy (non-hydrogen) atoms. The van der Waals surface area contributed by atoms with Crippen LogP contribution in [0.3, 0.4) is 0 Å². The standard InChI is InChI=1S/C15H21Cl2N/c1-10(2)11-4-3-7-15(18,9-11)13-8-12(16)5-6-14(13)17/h5-6,8,10-11H,3-4,7,9,18H2,1-2H3. The summed E-state index contributed by atoms with van der Waals surface area (Å²) in [6.07, 6.45) is 4.44. The number of rotatable bonds is 2. The van der Waals surface area contributed by atoms with Gasteiger partial charge in [0.2, 0.25) is 0 Å². The molecule has 2 N–H and O–H groups in total. The third kappa shape index (κ3) is 2.84. The van der Waals surface area contributed by atoms with Gasteiger partial charge >= 0.3 is 0 Å². The number of halogens is 2. The van der Waals surface area contributed by atoms with Gasteiger partial charge in [-0.3, -0.25) is 0 Å². The highest BCUT2D eigenvalue weighted by molar-refractivity contribution is 6.33. The van der Waals surface area contributed by atoms with E-state index in [4.69, 9.17) is 28.9 Å². The van der Waals surface area contributed by atoms with E-state index in [0.717, 1.165) is 23.4 Å². The average Bonchev–Trinajstić information content (AvgIpc) is 2.32. The Balaban J connectivity index is 2.32. The van der Waals surface area contributed by atoms with Crippen LogP contribution >= 0.6 is 23.2 Å². The SMILES string of the molecule is CC(C)C1CCCC(N)(c2cc(Cl)ccc2Cl)C1. The van der Waals surface area contributed by atoms with Gasteiger partial charge in [0.15, 0.2) is 0 Å². The lowest BCUT2D eigenvalue weighted by molar-refractivity contribution is 0.184. The van der Waals surface area contributed by atoms with E-state index in [0.29, 0.717) is 16.9 Å². The number of benzene rings is 1. The highest BCUT2D eigenvalue weighted by Gasteiger charge is 2.36. The molecule has 1 fully saturated rings. The molecule has 3 heteroatoms. The molecule has 2 atom stereocenters. The van der Waals surface area contributed by atoms with Gasteiger partial charge in [0, 0.05) is 15.6 Å². The molecular weight excluding hydrogens is 265 g/mol. The maximum atomic E-state index is 6.64. The zero-order valence-electron chi connectivity index (χ0n) is 11.0. The molecule has 0 radical (unpaired) electrons. The molecule has 1 aliphatic rings. The van der Waals surface area contributed by atoms with Crippen LogP contribution in [-0.2, 0) is 5.54 Å². The van der Waals surface area contributed by atoms with Crippen LogP contribution in [0.25, 0.3) is 0 Å². The van der Waals surface area contributed by atoms with Gasteiger partial charge in [-0.1, -0.05) is 49.9 Å². The van der Waals surface area contributed by atoms with Crippen molar-refractivity contribution < 1.29 is 0 Å². The van der Waals surface area contributed by atoms with Gasteiger partial charge in [0.05, 0.1) is 0 Å². The van der Waals surface area contributed by atoms with E-state index in [1.54, 1.807) is 0 Å². The van der Waals surface area contributed by atoms with E-state index in [1.165, 1.54) is 12.8 Å². The Labute approximate surface area is 120 Å². The van der Waals surface area contributed by atoms with Gasteiger partial charge < -0.3 is 5.73 Å². The Morgan fingerprint density at radius 2 is 2.06 bits per heavy atom. The predicted molar refractivity (Wildman–Crippen MR) is 79.1 cm³/mol. The topological polar surface area (TPSA) is 26.0 Å². The van der Waals surface area contributed by atoms with Crippen molar-refractivity contribution in [3.63, 3.8) is 0 Å². The van der Waals surface area contributed by atoms with Crippen molar-refractivity contribution in [2.75, 3.05) is 0 Å². The van der Waals surface area contributed by atoms with Crippen LogP contribution in [0.5, 0.6) is 0 Å². The molecule has 0 saturated heterocycles. The summed E-state index contributed by atoms with van der Waals surface area (Å²) in [4.78, 5) is 0. The monoisotopic (exact) mass is 285 g/mol. The summed E-state index contributed by atoms with van der Waals surface area (Å²) in [6.45, 7) is 4.55. The fourth-order valence-corrected chi connectivity index (χ4v) is 3.52. The normalized spacial score (nSPS) is 28.7. The molecule has 2 unspecified atom stereocenters. The Hall–Kier alpha value is -0.240. The summed E-state index contributed by atoms with van der Waals surface area (Å²) in [5.41, 5.74) is 7.34. The summed E-state index contributed by atoms with van der Waals surface area (Å²) in [7, 11) is 0. The first-order chi connectivity index (χ1) is 8.42. The molecular formula is C15H21Cl2N. The number of hydrogen-bond donors (Lipinski definition) is 1. The van der Waals surface area contributed by atoms with Crippen molar-refractivity contribution in [2.45, 2.75) is 45.1 Å². The van der Waals surface area contributed by atoms with Gasteiger partial charge in [-0.25, -0.2) is 0 Å². The van der Waals surface area contributed by atoms with E-state index in [-0.39, 0.29) is 5.54 Å². The fourth-order valence-electron chi connectivity index (χ4n) is 3.04. The molecule has 1 nitrogen and oxygen atoms in total. The summed E-state index contributed by atoms with van der Waals surface area (Å²) in [5.74, 6) is 1.35. The minimum atomic E-state index is -0.310. The molecule has 1 saturated carbocycles. The van der Waals surface area contributed by atoms with E-state index in [9.17, 15) is 0 Å². The van der Waals surface area contributed by atoms with Gasteiger partial charge in [-0.05, 0) is 48.4 Å². The number of nitrogens with two attached hydrogens (primary N) is 1. The molecule has 0 spiro atoms. The van der Waals surface area contributed by atoms with E-state index >= 15 is 0 Å². The zero-order valence-corrected chi connectivity index (χ0v) is 12.6. The highest BCUT2D eigenvalue weighted by Crippen LogP contribution is 2.43. The molecule has 1 aliphatic carbocycles. The van der Waals surface area contributed by atoms with Crippen LogP contribution in [0, 0.1) is 11.8 Å². The first-order valence-electron chi connectivity index (χ1n) is 6.67. The molecule has 0 aromatic heterocycles. The zero-order chi connectivity index (χ0) is 13.3. The molecule has 0 heterocycles. The van der Waals surface area contributed by atoms with E-state index < -0.39 is 0 Å². The molecule has 2 rings (SSSR count). The lowest BCUT2D eigenvalue weighted by Gasteiger charge is -2.40. The molecule has 0 amide bonds. The Kier molecular flexibility index (Phi) is 4.25. The maximum Gasteiger partial charge on any atom is 0.0457 e. The van der Waals surface area contributed by atoms with Crippen LogP contribution in [0.15, 0.2) is 18.2 Å². The second-order valence-electron chi connectivity index (χ2n) is 5.88. The van der Waals surface area contributed by atoms with Crippen LogP contribution in [0.4, 0.5) is 0 Å². The minimum absolute atomic E-state index is 0.310. The Morgan fingerprint density at radius 3 is 2.72 bits per heavy atom. The predicted octanol–water partition coefficient (Wildman–Crippen LogP) is 4.99. The van der Waals surface area contributed by atoms with Crippen molar-refractivity contribution in [3.8, 4) is 0 Å². The summed E-state index contributed by atoms with van der Waals surface area (Å²) < 4.78 is 0. The van der Waals surface area contributed by atoms with Crippen molar-refractivity contribution in [1.29, 1.82) is 0 Å². The summed E-state index contributed by atoms with van der Waals surface area (Å²) in [6, 6.07) is 5.61. The third-order valence-electron chi connectivity index (χ3n) is 4.23. The quantitative estimate of drug-likeness (QED) is 0.814. The molecule has 100 valence electrons. The first kappa shape index (κ1) is 14.2. The third-order valence-corrected chi connectivity index (χ3v) is 4.80. The lowest BCUT2D eigenvalue weighted by atomic mass is 9.69. The molecule has 1 aromatic rings. The van der Waals surface area contributed by atoms with Crippen LogP contribution in [-0.4, -0.2) is 0 Å². The van der Waals surface area contributed by atoms with Crippen molar-refractivity contribution >= 4 is 23.2 Å². The molecule has 0 aliphatic heterocycles. The molecule has 1 aromatic carbocycles. The first-order valence-corrected chi connectivity index (χ1v) is 7.42. The maximum absolute atomic E-state index is 6.64. The van der Waals surface area contributed by atoms with Gasteiger partial charge in [-0.2, -0.15) is 0 Å². The second-order valence-corrected chi connectivity index (χ2v) is 6.72. The van der Waals surface area contributed by atoms with E-state index in [1.807, 2.05) is 18.2 Å². The average molecular weight is 286 g/mol. The van der Waals surface area contributed by atoms with Gasteiger partial charge in [-0.15, -0.1) is 0 Å². The highest BCUT2D eigenvalue weighted by atomic mass is 35.5. The van der Waals surface area contributed by atoms with Crippen LogP contribution in [0.2, 0.25) is 10.0 Å². The van der Waals surface area contributed by atoms with Gasteiger partial charge in [0.25, 0.3) is 0 Å². The largest absolute Gasteiger partial charge is 0.321 e. The smallest absolute Gasteiger partial charge is 0.0457 e. The van der Waals surface area contributed by atoms with E-state index in [2.05, 4.69) is 13.8 Å².